The molecule has 2 rings (SSSR count). The van der Waals surface area contributed by atoms with Gasteiger partial charge >= 0.3 is 0 Å². The molecule has 1 aromatic carbocycles. The molecular formula is C17H27Cl2N3O. The summed E-state index contributed by atoms with van der Waals surface area (Å²) in [5, 5.41) is 6.88. The summed E-state index contributed by atoms with van der Waals surface area (Å²) in [4.78, 5) is 14.3. The smallest absolute Gasteiger partial charge is 0.234 e. The molecule has 1 amide bonds. The third-order valence-corrected chi connectivity index (χ3v) is 4.49. The zero-order valence-corrected chi connectivity index (χ0v) is 15.3. The lowest BCUT2D eigenvalue weighted by atomic mass is 9.93. The van der Waals surface area contributed by atoms with Crippen molar-refractivity contribution in [2.75, 3.05) is 33.2 Å². The molecule has 1 heterocycles. The molecule has 0 bridgehead atoms. The van der Waals surface area contributed by atoms with Crippen LogP contribution in [-0.2, 0) is 11.3 Å². The number of hydrogen-bond donors (Lipinski definition) is 2. The van der Waals surface area contributed by atoms with Crippen molar-refractivity contribution in [3.8, 4) is 0 Å². The number of nitrogens with zero attached hydrogens (tertiary/aromatic N) is 1. The number of rotatable bonds is 7. The molecule has 0 spiro atoms. The van der Waals surface area contributed by atoms with Crippen molar-refractivity contribution in [2.24, 2.45) is 5.92 Å². The Morgan fingerprint density at radius 1 is 1.35 bits per heavy atom. The van der Waals surface area contributed by atoms with Crippen molar-refractivity contribution < 1.29 is 4.79 Å². The molecule has 0 saturated carbocycles. The Balaban J connectivity index is 0.00000264. The highest BCUT2D eigenvalue weighted by Gasteiger charge is 2.20. The van der Waals surface area contributed by atoms with E-state index >= 15 is 0 Å². The number of piperidine rings is 1. The van der Waals surface area contributed by atoms with Gasteiger partial charge in [-0.2, -0.15) is 0 Å². The van der Waals surface area contributed by atoms with Gasteiger partial charge in [-0.05, 0) is 69.6 Å². The van der Waals surface area contributed by atoms with Crippen LogP contribution in [-0.4, -0.2) is 44.0 Å². The summed E-state index contributed by atoms with van der Waals surface area (Å²) < 4.78 is 0. The summed E-state index contributed by atoms with van der Waals surface area (Å²) >= 11 is 5.94. The van der Waals surface area contributed by atoms with Gasteiger partial charge in [0, 0.05) is 11.6 Å². The van der Waals surface area contributed by atoms with E-state index in [1.165, 1.54) is 19.3 Å². The Hall–Kier alpha value is -0.810. The third kappa shape index (κ3) is 7.53. The fourth-order valence-corrected chi connectivity index (χ4v) is 3.10. The van der Waals surface area contributed by atoms with Gasteiger partial charge in [0.05, 0.1) is 6.54 Å². The maximum absolute atomic E-state index is 12.0. The molecular weight excluding hydrogens is 333 g/mol. The fraction of sp³-hybridized carbons (Fsp3) is 0.588. The van der Waals surface area contributed by atoms with Crippen LogP contribution in [0.15, 0.2) is 24.3 Å². The molecule has 0 atom stereocenters. The normalized spacial score (nSPS) is 15.9. The number of amides is 1. The van der Waals surface area contributed by atoms with Crippen LogP contribution >= 0.6 is 24.0 Å². The topological polar surface area (TPSA) is 44.4 Å². The highest BCUT2D eigenvalue weighted by atomic mass is 35.5. The van der Waals surface area contributed by atoms with E-state index in [9.17, 15) is 4.79 Å². The van der Waals surface area contributed by atoms with Gasteiger partial charge in [-0.25, -0.2) is 0 Å². The lowest BCUT2D eigenvalue weighted by Gasteiger charge is -2.31. The first-order valence-corrected chi connectivity index (χ1v) is 8.43. The average Bonchev–Trinajstić information content (AvgIpc) is 2.52. The quantitative estimate of drug-likeness (QED) is 0.786. The summed E-state index contributed by atoms with van der Waals surface area (Å²) in [6.45, 7) is 4.18. The summed E-state index contributed by atoms with van der Waals surface area (Å²) in [5.74, 6) is 0.895. The molecule has 0 radical (unpaired) electrons. The number of halogens is 2. The van der Waals surface area contributed by atoms with E-state index in [4.69, 9.17) is 11.6 Å². The van der Waals surface area contributed by atoms with Crippen molar-refractivity contribution in [1.82, 2.24) is 15.5 Å². The van der Waals surface area contributed by atoms with Crippen molar-refractivity contribution in [1.29, 1.82) is 0 Å². The molecule has 1 aromatic rings. The number of carbonyl (C=O) groups is 1. The predicted molar refractivity (Wildman–Crippen MR) is 98.3 cm³/mol. The summed E-state index contributed by atoms with van der Waals surface area (Å²) in [6.07, 6.45) is 3.64. The molecule has 1 fully saturated rings. The fourth-order valence-electron chi connectivity index (χ4n) is 2.89. The van der Waals surface area contributed by atoms with Crippen LogP contribution < -0.4 is 10.6 Å². The molecule has 23 heavy (non-hydrogen) atoms. The molecule has 6 heteroatoms. The molecule has 1 aliphatic rings. The minimum atomic E-state index is 0. The summed E-state index contributed by atoms with van der Waals surface area (Å²) in [5.41, 5.74) is 1.03. The van der Waals surface area contributed by atoms with Crippen molar-refractivity contribution in [3.05, 3.63) is 34.9 Å². The standard InChI is InChI=1S/C17H26ClN3O.ClH/c1-19-8-5-14-6-9-21(10-7-14)13-17(22)20-12-15-3-2-4-16(18)11-15;/h2-4,11,14,19H,5-10,12-13H2,1H3,(H,20,22);1H. The third-order valence-electron chi connectivity index (χ3n) is 4.26. The van der Waals surface area contributed by atoms with Crippen molar-refractivity contribution in [3.63, 3.8) is 0 Å². The van der Waals surface area contributed by atoms with E-state index in [2.05, 4.69) is 15.5 Å². The van der Waals surface area contributed by atoms with Crippen LogP contribution in [0, 0.1) is 5.92 Å². The minimum Gasteiger partial charge on any atom is -0.351 e. The van der Waals surface area contributed by atoms with Crippen LogP contribution in [0.3, 0.4) is 0 Å². The van der Waals surface area contributed by atoms with Gasteiger partial charge in [0.2, 0.25) is 5.91 Å². The lowest BCUT2D eigenvalue weighted by Crippen LogP contribution is -2.41. The number of hydrogen-bond acceptors (Lipinski definition) is 3. The molecule has 1 saturated heterocycles. The molecule has 2 N–H and O–H groups in total. The number of carbonyl (C=O) groups excluding carboxylic acids is 1. The molecule has 1 aliphatic heterocycles. The van der Waals surface area contributed by atoms with Gasteiger partial charge in [-0.15, -0.1) is 12.4 Å². The van der Waals surface area contributed by atoms with E-state index in [1.807, 2.05) is 31.3 Å². The minimum absolute atomic E-state index is 0. The Bertz CT molecular complexity index is 477. The van der Waals surface area contributed by atoms with E-state index in [0.717, 1.165) is 31.1 Å². The van der Waals surface area contributed by atoms with Crippen LogP contribution in [0.4, 0.5) is 0 Å². The largest absolute Gasteiger partial charge is 0.351 e. The molecule has 4 nitrogen and oxygen atoms in total. The number of nitrogens with one attached hydrogen (secondary N) is 2. The van der Waals surface area contributed by atoms with Crippen LogP contribution in [0.2, 0.25) is 5.02 Å². The molecule has 0 aliphatic carbocycles. The van der Waals surface area contributed by atoms with Gasteiger partial charge in [0.15, 0.2) is 0 Å². The Kier molecular flexibility index (Phi) is 9.56. The Labute approximate surface area is 150 Å². The maximum atomic E-state index is 12.0. The summed E-state index contributed by atoms with van der Waals surface area (Å²) in [6, 6.07) is 7.60. The highest BCUT2D eigenvalue weighted by molar-refractivity contribution is 6.30. The van der Waals surface area contributed by atoms with Gasteiger partial charge in [0.25, 0.3) is 0 Å². The Morgan fingerprint density at radius 3 is 2.74 bits per heavy atom. The molecule has 130 valence electrons. The van der Waals surface area contributed by atoms with Crippen LogP contribution in [0.25, 0.3) is 0 Å². The predicted octanol–water partition coefficient (Wildman–Crippen LogP) is 2.70. The van der Waals surface area contributed by atoms with Gasteiger partial charge < -0.3 is 10.6 Å². The first-order valence-electron chi connectivity index (χ1n) is 8.05. The second-order valence-electron chi connectivity index (χ2n) is 6.02. The highest BCUT2D eigenvalue weighted by Crippen LogP contribution is 2.19. The van der Waals surface area contributed by atoms with E-state index in [-0.39, 0.29) is 18.3 Å². The first-order chi connectivity index (χ1) is 10.7. The monoisotopic (exact) mass is 359 g/mol. The first kappa shape index (κ1) is 20.2. The lowest BCUT2D eigenvalue weighted by molar-refractivity contribution is -0.122. The number of likely N-dealkylation sites (tertiary alicyclic amines) is 1. The van der Waals surface area contributed by atoms with Crippen LogP contribution in [0.1, 0.15) is 24.8 Å². The second kappa shape index (κ2) is 10.9. The Morgan fingerprint density at radius 2 is 2.09 bits per heavy atom. The summed E-state index contributed by atoms with van der Waals surface area (Å²) in [7, 11) is 2.00. The molecule has 0 aromatic heterocycles. The maximum Gasteiger partial charge on any atom is 0.234 e. The van der Waals surface area contributed by atoms with Crippen molar-refractivity contribution >= 4 is 29.9 Å². The van der Waals surface area contributed by atoms with Crippen molar-refractivity contribution in [2.45, 2.75) is 25.8 Å². The molecule has 0 unspecified atom stereocenters. The van der Waals surface area contributed by atoms with Gasteiger partial charge in [-0.3, -0.25) is 9.69 Å². The van der Waals surface area contributed by atoms with Gasteiger partial charge in [-0.1, -0.05) is 23.7 Å². The van der Waals surface area contributed by atoms with Gasteiger partial charge in [0.1, 0.15) is 0 Å². The second-order valence-corrected chi connectivity index (χ2v) is 6.45. The number of benzene rings is 1. The van der Waals surface area contributed by atoms with E-state index in [0.29, 0.717) is 18.1 Å². The zero-order chi connectivity index (χ0) is 15.8. The van der Waals surface area contributed by atoms with Crippen LogP contribution in [0.5, 0.6) is 0 Å². The SMILES string of the molecule is CNCCC1CCN(CC(=O)NCc2cccc(Cl)c2)CC1.Cl. The van der Waals surface area contributed by atoms with E-state index < -0.39 is 0 Å². The zero-order valence-electron chi connectivity index (χ0n) is 13.7. The van der Waals surface area contributed by atoms with E-state index in [1.54, 1.807) is 0 Å². The average molecular weight is 360 g/mol.